The fraction of sp³-hybridized carbons (Fsp3) is 1.00. The summed E-state index contributed by atoms with van der Waals surface area (Å²) in [5, 5.41) is 3.32. The molecule has 0 heterocycles. The molecular formula is C11H25NO3. The molecule has 0 aliphatic carbocycles. The Labute approximate surface area is 93.3 Å². The number of methoxy groups -OCH3 is 2. The summed E-state index contributed by atoms with van der Waals surface area (Å²) in [6, 6.07) is 0. The summed E-state index contributed by atoms with van der Waals surface area (Å²) in [7, 11) is 3.45. The highest BCUT2D eigenvalue weighted by molar-refractivity contribution is 4.47. The Hall–Kier alpha value is -0.160. The van der Waals surface area contributed by atoms with Crippen molar-refractivity contribution in [3.05, 3.63) is 0 Å². The number of hydrogen-bond donors (Lipinski definition) is 1. The predicted octanol–water partition coefficient (Wildman–Crippen LogP) is 1.06. The first kappa shape index (κ1) is 14.8. The monoisotopic (exact) mass is 219 g/mol. The average molecular weight is 219 g/mol. The molecule has 0 aromatic carbocycles. The molecule has 0 radical (unpaired) electrons. The average Bonchev–Trinajstić information content (AvgIpc) is 2.26. The van der Waals surface area contributed by atoms with Crippen LogP contribution in [0.1, 0.15) is 19.3 Å². The van der Waals surface area contributed by atoms with E-state index in [0.29, 0.717) is 0 Å². The van der Waals surface area contributed by atoms with Gasteiger partial charge in [-0.15, -0.1) is 0 Å². The van der Waals surface area contributed by atoms with Crippen molar-refractivity contribution < 1.29 is 14.2 Å². The normalized spacial score (nSPS) is 10.8. The van der Waals surface area contributed by atoms with Crippen molar-refractivity contribution in [3.63, 3.8) is 0 Å². The second kappa shape index (κ2) is 13.8. The Bertz CT molecular complexity index is 100. The second-order valence-electron chi connectivity index (χ2n) is 3.41. The van der Waals surface area contributed by atoms with Crippen LogP contribution < -0.4 is 5.32 Å². The van der Waals surface area contributed by atoms with Gasteiger partial charge in [0, 0.05) is 40.6 Å². The zero-order valence-electron chi connectivity index (χ0n) is 10.1. The van der Waals surface area contributed by atoms with E-state index in [1.807, 2.05) is 0 Å². The molecule has 15 heavy (non-hydrogen) atoms. The van der Waals surface area contributed by atoms with Crippen LogP contribution in [0.3, 0.4) is 0 Å². The summed E-state index contributed by atoms with van der Waals surface area (Å²) in [6.45, 7) is 5.19. The Kier molecular flexibility index (Phi) is 13.7. The van der Waals surface area contributed by atoms with Crippen molar-refractivity contribution in [1.82, 2.24) is 5.32 Å². The van der Waals surface area contributed by atoms with E-state index in [1.54, 1.807) is 14.2 Å². The molecule has 0 aromatic heterocycles. The van der Waals surface area contributed by atoms with Crippen LogP contribution in [0.5, 0.6) is 0 Å². The van der Waals surface area contributed by atoms with E-state index in [4.69, 9.17) is 14.2 Å². The van der Waals surface area contributed by atoms with Crippen LogP contribution in [0.4, 0.5) is 0 Å². The first-order valence-electron chi connectivity index (χ1n) is 5.68. The maximum absolute atomic E-state index is 5.40. The van der Waals surface area contributed by atoms with E-state index in [0.717, 1.165) is 58.8 Å². The molecule has 92 valence electrons. The molecule has 4 nitrogen and oxygen atoms in total. The molecule has 0 rings (SSSR count). The van der Waals surface area contributed by atoms with Crippen LogP contribution in [0.2, 0.25) is 0 Å². The van der Waals surface area contributed by atoms with Crippen LogP contribution in [-0.2, 0) is 14.2 Å². The van der Waals surface area contributed by atoms with Crippen molar-refractivity contribution in [2.45, 2.75) is 19.3 Å². The van der Waals surface area contributed by atoms with Gasteiger partial charge in [-0.3, -0.25) is 0 Å². The zero-order chi connectivity index (χ0) is 11.2. The maximum Gasteiger partial charge on any atom is 0.0590 e. The van der Waals surface area contributed by atoms with Crippen molar-refractivity contribution >= 4 is 0 Å². The highest BCUT2D eigenvalue weighted by Crippen LogP contribution is 1.86. The minimum Gasteiger partial charge on any atom is -0.385 e. The van der Waals surface area contributed by atoms with E-state index in [9.17, 15) is 0 Å². The molecule has 0 fully saturated rings. The summed E-state index contributed by atoms with van der Waals surface area (Å²) in [6.07, 6.45) is 3.26. The Morgan fingerprint density at radius 2 is 1.47 bits per heavy atom. The standard InChI is InChI=1S/C11H25NO3/c1-13-8-4-3-6-12-7-11-15-10-5-9-14-2/h12H,3-11H2,1-2H3. The fourth-order valence-electron chi connectivity index (χ4n) is 1.17. The summed E-state index contributed by atoms with van der Waals surface area (Å²) in [4.78, 5) is 0. The summed E-state index contributed by atoms with van der Waals surface area (Å²) in [5.74, 6) is 0. The molecule has 0 amide bonds. The predicted molar refractivity (Wildman–Crippen MR) is 61.3 cm³/mol. The lowest BCUT2D eigenvalue weighted by molar-refractivity contribution is 0.104. The molecule has 0 saturated carbocycles. The number of ether oxygens (including phenoxy) is 3. The molecule has 0 bridgehead atoms. The highest BCUT2D eigenvalue weighted by Gasteiger charge is 1.90. The largest absolute Gasteiger partial charge is 0.385 e. The van der Waals surface area contributed by atoms with Crippen LogP contribution in [-0.4, -0.2) is 53.7 Å². The lowest BCUT2D eigenvalue weighted by atomic mass is 10.3. The first-order valence-corrected chi connectivity index (χ1v) is 5.68. The van der Waals surface area contributed by atoms with Gasteiger partial charge in [-0.05, 0) is 25.8 Å². The molecule has 1 N–H and O–H groups in total. The number of nitrogens with one attached hydrogen (secondary N) is 1. The molecule has 0 aliphatic heterocycles. The number of hydrogen-bond acceptors (Lipinski definition) is 4. The second-order valence-corrected chi connectivity index (χ2v) is 3.41. The minimum absolute atomic E-state index is 0.782. The smallest absolute Gasteiger partial charge is 0.0590 e. The van der Waals surface area contributed by atoms with Gasteiger partial charge < -0.3 is 19.5 Å². The third-order valence-corrected chi connectivity index (χ3v) is 2.01. The fourth-order valence-corrected chi connectivity index (χ4v) is 1.17. The van der Waals surface area contributed by atoms with Gasteiger partial charge in [-0.1, -0.05) is 0 Å². The van der Waals surface area contributed by atoms with Crippen LogP contribution in [0.15, 0.2) is 0 Å². The number of unbranched alkanes of at least 4 members (excludes halogenated alkanes) is 1. The van der Waals surface area contributed by atoms with Gasteiger partial charge in [0.05, 0.1) is 6.61 Å². The van der Waals surface area contributed by atoms with E-state index >= 15 is 0 Å². The quantitative estimate of drug-likeness (QED) is 0.498. The third-order valence-electron chi connectivity index (χ3n) is 2.01. The van der Waals surface area contributed by atoms with Crippen molar-refractivity contribution in [2.75, 3.05) is 53.7 Å². The van der Waals surface area contributed by atoms with Gasteiger partial charge in [0.15, 0.2) is 0 Å². The SMILES string of the molecule is COCCCCNCCOCCCOC. The first-order chi connectivity index (χ1) is 7.41. The summed E-state index contributed by atoms with van der Waals surface area (Å²) in [5.41, 5.74) is 0. The summed E-state index contributed by atoms with van der Waals surface area (Å²) < 4.78 is 15.3. The zero-order valence-corrected chi connectivity index (χ0v) is 10.1. The molecule has 0 atom stereocenters. The van der Waals surface area contributed by atoms with E-state index < -0.39 is 0 Å². The molecule has 0 aromatic rings. The topological polar surface area (TPSA) is 39.7 Å². The molecule has 0 aliphatic rings. The molecule has 4 heteroatoms. The van der Waals surface area contributed by atoms with Gasteiger partial charge in [0.2, 0.25) is 0 Å². The number of rotatable bonds is 12. The van der Waals surface area contributed by atoms with Crippen molar-refractivity contribution in [2.24, 2.45) is 0 Å². The minimum atomic E-state index is 0.782. The Morgan fingerprint density at radius 3 is 2.20 bits per heavy atom. The Balaban J connectivity index is 2.81. The van der Waals surface area contributed by atoms with Crippen LogP contribution in [0.25, 0.3) is 0 Å². The molecule has 0 spiro atoms. The van der Waals surface area contributed by atoms with Crippen molar-refractivity contribution in [1.29, 1.82) is 0 Å². The van der Waals surface area contributed by atoms with Crippen molar-refractivity contribution in [3.8, 4) is 0 Å². The van der Waals surface area contributed by atoms with Crippen LogP contribution >= 0.6 is 0 Å². The van der Waals surface area contributed by atoms with E-state index in [1.165, 1.54) is 0 Å². The molecular weight excluding hydrogens is 194 g/mol. The van der Waals surface area contributed by atoms with Gasteiger partial charge >= 0.3 is 0 Å². The third kappa shape index (κ3) is 13.8. The molecule has 0 saturated heterocycles. The van der Waals surface area contributed by atoms with Gasteiger partial charge in [-0.2, -0.15) is 0 Å². The van der Waals surface area contributed by atoms with E-state index in [2.05, 4.69) is 5.32 Å². The van der Waals surface area contributed by atoms with Crippen LogP contribution in [0, 0.1) is 0 Å². The van der Waals surface area contributed by atoms with Gasteiger partial charge in [-0.25, -0.2) is 0 Å². The Morgan fingerprint density at radius 1 is 0.733 bits per heavy atom. The van der Waals surface area contributed by atoms with E-state index in [-0.39, 0.29) is 0 Å². The van der Waals surface area contributed by atoms with Gasteiger partial charge in [0.25, 0.3) is 0 Å². The maximum atomic E-state index is 5.40. The molecule has 0 unspecified atom stereocenters. The summed E-state index contributed by atoms with van der Waals surface area (Å²) >= 11 is 0. The lowest BCUT2D eigenvalue weighted by Gasteiger charge is -2.05. The van der Waals surface area contributed by atoms with Gasteiger partial charge in [0.1, 0.15) is 0 Å². The lowest BCUT2D eigenvalue weighted by Crippen LogP contribution is -2.21. The highest BCUT2D eigenvalue weighted by atomic mass is 16.5.